The van der Waals surface area contributed by atoms with E-state index in [0.29, 0.717) is 12.2 Å². The molecule has 0 saturated heterocycles. The van der Waals surface area contributed by atoms with Crippen LogP contribution in [0.5, 0.6) is 5.75 Å². The first kappa shape index (κ1) is 16.7. The molecule has 1 amide bonds. The fourth-order valence-corrected chi connectivity index (χ4v) is 2.03. The number of benzene rings is 2. The van der Waals surface area contributed by atoms with Gasteiger partial charge in [0.1, 0.15) is 11.6 Å². The Morgan fingerprint density at radius 1 is 1.04 bits per heavy atom. The molecule has 0 aliphatic carbocycles. The normalized spacial score (nSPS) is 10.2. The quantitative estimate of drug-likeness (QED) is 0.799. The molecule has 0 aliphatic rings. The van der Waals surface area contributed by atoms with Gasteiger partial charge in [0, 0.05) is 5.56 Å². The Labute approximate surface area is 134 Å². The zero-order valence-electron chi connectivity index (χ0n) is 12.8. The van der Waals surface area contributed by atoms with Gasteiger partial charge in [0.2, 0.25) is 5.91 Å². The van der Waals surface area contributed by atoms with Crippen molar-refractivity contribution in [3.8, 4) is 5.75 Å². The van der Waals surface area contributed by atoms with E-state index in [2.05, 4.69) is 5.32 Å². The van der Waals surface area contributed by atoms with Gasteiger partial charge < -0.3 is 10.1 Å². The second kappa shape index (κ2) is 8.08. The number of hydrogen-bond donors (Lipinski definition) is 1. The molecule has 0 unspecified atom stereocenters. The summed E-state index contributed by atoms with van der Waals surface area (Å²) in [6, 6.07) is 12.5. The van der Waals surface area contributed by atoms with Crippen LogP contribution in [0, 0.1) is 5.82 Å². The average molecular weight is 315 g/mol. The Balaban J connectivity index is 1.82. The highest BCUT2D eigenvalue weighted by Crippen LogP contribution is 2.12. The van der Waals surface area contributed by atoms with Crippen molar-refractivity contribution in [1.29, 1.82) is 0 Å². The maximum Gasteiger partial charge on any atom is 0.224 e. The molecule has 0 bridgehead atoms. The molecule has 0 radical (unpaired) electrons. The highest BCUT2D eigenvalue weighted by atomic mass is 19.1. The van der Waals surface area contributed by atoms with E-state index in [1.54, 1.807) is 12.1 Å². The summed E-state index contributed by atoms with van der Waals surface area (Å²) in [6.45, 7) is 2.38. The summed E-state index contributed by atoms with van der Waals surface area (Å²) in [5.74, 6) is -0.154. The molecule has 0 spiro atoms. The number of carbonyl (C=O) groups excluding carboxylic acids is 2. The second-order valence-electron chi connectivity index (χ2n) is 4.96. The van der Waals surface area contributed by atoms with Crippen LogP contribution in [0.1, 0.15) is 22.8 Å². The molecule has 120 valence electrons. The third kappa shape index (κ3) is 5.21. The Hall–Kier alpha value is -2.69. The van der Waals surface area contributed by atoms with Crippen LogP contribution in [0.15, 0.2) is 48.5 Å². The number of amides is 1. The lowest BCUT2D eigenvalue weighted by Crippen LogP contribution is -2.30. The van der Waals surface area contributed by atoms with Crippen LogP contribution in [0.25, 0.3) is 0 Å². The van der Waals surface area contributed by atoms with Gasteiger partial charge in [-0.05, 0) is 48.9 Å². The van der Waals surface area contributed by atoms with Crippen LogP contribution in [-0.4, -0.2) is 24.8 Å². The van der Waals surface area contributed by atoms with Crippen LogP contribution in [0.3, 0.4) is 0 Å². The number of ether oxygens (including phenoxy) is 1. The summed E-state index contributed by atoms with van der Waals surface area (Å²) < 4.78 is 18.1. The molecule has 0 fully saturated rings. The lowest BCUT2D eigenvalue weighted by Gasteiger charge is -2.06. The minimum atomic E-state index is -0.402. The minimum absolute atomic E-state index is 0.110. The topological polar surface area (TPSA) is 55.4 Å². The first-order valence-corrected chi connectivity index (χ1v) is 7.35. The molecule has 4 nitrogen and oxygen atoms in total. The summed E-state index contributed by atoms with van der Waals surface area (Å²) in [5.41, 5.74) is 1.20. The molecular weight excluding hydrogens is 297 g/mol. The summed E-state index contributed by atoms with van der Waals surface area (Å²) in [4.78, 5) is 23.7. The minimum Gasteiger partial charge on any atom is -0.494 e. The van der Waals surface area contributed by atoms with Gasteiger partial charge in [0.15, 0.2) is 5.78 Å². The highest BCUT2D eigenvalue weighted by Gasteiger charge is 2.09. The fraction of sp³-hybridized carbons (Fsp3) is 0.222. The van der Waals surface area contributed by atoms with Crippen molar-refractivity contribution in [3.05, 3.63) is 65.5 Å². The Bertz CT molecular complexity index is 666. The molecule has 0 atom stereocenters. The zero-order chi connectivity index (χ0) is 16.7. The van der Waals surface area contributed by atoms with Crippen molar-refractivity contribution >= 4 is 11.7 Å². The second-order valence-corrected chi connectivity index (χ2v) is 4.96. The summed E-state index contributed by atoms with van der Waals surface area (Å²) in [5, 5.41) is 2.57. The Morgan fingerprint density at radius 3 is 2.30 bits per heavy atom. The summed E-state index contributed by atoms with van der Waals surface area (Å²) >= 11 is 0. The van der Waals surface area contributed by atoms with E-state index in [-0.39, 0.29) is 24.7 Å². The molecule has 0 aromatic heterocycles. The number of hydrogen-bond acceptors (Lipinski definition) is 3. The SMILES string of the molecule is CCOc1ccc(CC(=O)NCC(=O)c2ccc(F)cc2)cc1. The van der Waals surface area contributed by atoms with Crippen LogP contribution in [0.2, 0.25) is 0 Å². The smallest absolute Gasteiger partial charge is 0.224 e. The number of rotatable bonds is 7. The standard InChI is InChI=1S/C18H18FNO3/c1-2-23-16-9-3-13(4-10-16)11-18(22)20-12-17(21)14-5-7-15(19)8-6-14/h3-10H,2,11-12H2,1H3,(H,20,22). The van der Waals surface area contributed by atoms with E-state index in [0.717, 1.165) is 11.3 Å². The Kier molecular flexibility index (Phi) is 5.86. The lowest BCUT2D eigenvalue weighted by atomic mass is 10.1. The van der Waals surface area contributed by atoms with Gasteiger partial charge >= 0.3 is 0 Å². The van der Waals surface area contributed by atoms with Gasteiger partial charge in [-0.1, -0.05) is 12.1 Å². The van der Waals surface area contributed by atoms with Gasteiger partial charge in [-0.2, -0.15) is 0 Å². The number of nitrogens with one attached hydrogen (secondary N) is 1. The van der Waals surface area contributed by atoms with Gasteiger partial charge in [0.25, 0.3) is 0 Å². The number of Topliss-reactive ketones (excluding diaryl/α,β-unsaturated/α-hetero) is 1. The van der Waals surface area contributed by atoms with E-state index in [9.17, 15) is 14.0 Å². The van der Waals surface area contributed by atoms with Crippen LogP contribution in [0.4, 0.5) is 4.39 Å². The molecular formula is C18H18FNO3. The van der Waals surface area contributed by atoms with Gasteiger partial charge in [-0.3, -0.25) is 9.59 Å². The summed E-state index contributed by atoms with van der Waals surface area (Å²) in [6.07, 6.45) is 0.184. The molecule has 0 saturated carbocycles. The average Bonchev–Trinajstić information content (AvgIpc) is 2.55. The Morgan fingerprint density at radius 2 is 1.70 bits per heavy atom. The van der Waals surface area contributed by atoms with Crippen molar-refractivity contribution in [3.63, 3.8) is 0 Å². The number of halogens is 1. The van der Waals surface area contributed by atoms with Crippen LogP contribution < -0.4 is 10.1 Å². The van der Waals surface area contributed by atoms with E-state index in [1.165, 1.54) is 24.3 Å². The first-order valence-electron chi connectivity index (χ1n) is 7.35. The van der Waals surface area contributed by atoms with Gasteiger partial charge in [-0.25, -0.2) is 4.39 Å². The largest absolute Gasteiger partial charge is 0.494 e. The maximum atomic E-state index is 12.8. The van der Waals surface area contributed by atoms with Gasteiger partial charge in [0.05, 0.1) is 19.6 Å². The third-order valence-electron chi connectivity index (χ3n) is 3.21. The van der Waals surface area contributed by atoms with Crippen LogP contribution in [-0.2, 0) is 11.2 Å². The van der Waals surface area contributed by atoms with Crippen molar-refractivity contribution in [2.24, 2.45) is 0 Å². The predicted octanol–water partition coefficient (Wildman–Crippen LogP) is 2.77. The molecule has 2 rings (SSSR count). The lowest BCUT2D eigenvalue weighted by molar-refractivity contribution is -0.120. The molecule has 5 heteroatoms. The third-order valence-corrected chi connectivity index (χ3v) is 3.21. The molecule has 1 N–H and O–H groups in total. The zero-order valence-corrected chi connectivity index (χ0v) is 12.8. The van der Waals surface area contributed by atoms with E-state index < -0.39 is 5.82 Å². The fourth-order valence-electron chi connectivity index (χ4n) is 2.03. The highest BCUT2D eigenvalue weighted by molar-refractivity contribution is 5.99. The summed E-state index contributed by atoms with van der Waals surface area (Å²) in [7, 11) is 0. The van der Waals surface area contributed by atoms with Crippen molar-refractivity contribution in [2.75, 3.05) is 13.2 Å². The van der Waals surface area contributed by atoms with E-state index >= 15 is 0 Å². The molecule has 0 aliphatic heterocycles. The molecule has 0 heterocycles. The predicted molar refractivity (Wildman–Crippen MR) is 85.1 cm³/mol. The van der Waals surface area contributed by atoms with Crippen molar-refractivity contribution in [1.82, 2.24) is 5.32 Å². The van der Waals surface area contributed by atoms with Crippen molar-refractivity contribution < 1.29 is 18.7 Å². The number of carbonyl (C=O) groups is 2. The molecule has 2 aromatic carbocycles. The van der Waals surface area contributed by atoms with Gasteiger partial charge in [-0.15, -0.1) is 0 Å². The van der Waals surface area contributed by atoms with Crippen molar-refractivity contribution in [2.45, 2.75) is 13.3 Å². The number of ketones is 1. The van der Waals surface area contributed by atoms with Crippen LogP contribution >= 0.6 is 0 Å². The molecule has 2 aromatic rings. The van der Waals surface area contributed by atoms with E-state index in [1.807, 2.05) is 19.1 Å². The molecule has 23 heavy (non-hydrogen) atoms. The van der Waals surface area contributed by atoms with E-state index in [4.69, 9.17) is 4.74 Å². The maximum absolute atomic E-state index is 12.8. The monoisotopic (exact) mass is 315 g/mol. The first-order chi connectivity index (χ1) is 11.1.